The van der Waals surface area contributed by atoms with Crippen LogP contribution < -0.4 is 11.1 Å². The van der Waals surface area contributed by atoms with Gasteiger partial charge in [0.05, 0.1) is 17.7 Å². The van der Waals surface area contributed by atoms with Gasteiger partial charge in [-0.25, -0.2) is 4.79 Å². The van der Waals surface area contributed by atoms with Crippen molar-refractivity contribution in [3.8, 4) is 0 Å². The predicted octanol–water partition coefficient (Wildman–Crippen LogP) is 1.89. The molecule has 1 rings (SSSR count). The number of benzene rings is 1. The molecule has 0 aliphatic carbocycles. The van der Waals surface area contributed by atoms with E-state index in [2.05, 4.69) is 10.1 Å². The molecule has 0 saturated carbocycles. The molecule has 0 fully saturated rings. The van der Waals surface area contributed by atoms with Crippen LogP contribution in [0.5, 0.6) is 0 Å². The van der Waals surface area contributed by atoms with E-state index in [-0.39, 0.29) is 6.04 Å². The van der Waals surface area contributed by atoms with Gasteiger partial charge >= 0.3 is 5.97 Å². The Balaban J connectivity index is 2.93. The second-order valence-electron chi connectivity index (χ2n) is 3.47. The summed E-state index contributed by atoms with van der Waals surface area (Å²) in [5.74, 6) is -0.450. The third kappa shape index (κ3) is 3.12. The van der Waals surface area contributed by atoms with E-state index in [0.717, 1.165) is 5.69 Å². The van der Waals surface area contributed by atoms with Gasteiger partial charge in [-0.2, -0.15) is 0 Å². The van der Waals surface area contributed by atoms with Crippen LogP contribution in [0, 0.1) is 0 Å². The van der Waals surface area contributed by atoms with E-state index in [1.807, 2.05) is 6.92 Å². The number of rotatable bonds is 4. The fourth-order valence-electron chi connectivity index (χ4n) is 1.22. The Kier molecular flexibility index (Phi) is 4.58. The highest BCUT2D eigenvalue weighted by atomic mass is 35.5. The number of anilines is 1. The van der Waals surface area contributed by atoms with Crippen LogP contribution >= 0.6 is 11.6 Å². The Labute approximate surface area is 99.7 Å². The second-order valence-corrected chi connectivity index (χ2v) is 3.87. The van der Waals surface area contributed by atoms with Crippen molar-refractivity contribution in [3.63, 3.8) is 0 Å². The summed E-state index contributed by atoms with van der Waals surface area (Å²) in [5.41, 5.74) is 6.63. The number of carbonyl (C=O) groups is 1. The number of hydrogen-bond donors (Lipinski definition) is 2. The van der Waals surface area contributed by atoms with Gasteiger partial charge in [-0.15, -0.1) is 0 Å². The normalized spacial score (nSPS) is 12.0. The van der Waals surface area contributed by atoms with Crippen LogP contribution in [0.1, 0.15) is 17.3 Å². The third-order valence-electron chi connectivity index (χ3n) is 2.14. The second kappa shape index (κ2) is 5.72. The molecule has 4 nitrogen and oxygen atoms in total. The minimum Gasteiger partial charge on any atom is -0.465 e. The zero-order valence-electron chi connectivity index (χ0n) is 9.29. The molecule has 0 heterocycles. The van der Waals surface area contributed by atoms with Crippen molar-refractivity contribution >= 4 is 23.3 Å². The van der Waals surface area contributed by atoms with Gasteiger partial charge < -0.3 is 15.8 Å². The first-order valence-electron chi connectivity index (χ1n) is 4.93. The summed E-state index contributed by atoms with van der Waals surface area (Å²) < 4.78 is 4.63. The van der Waals surface area contributed by atoms with Crippen LogP contribution in [0.3, 0.4) is 0 Å². The summed E-state index contributed by atoms with van der Waals surface area (Å²) in [6, 6.07) is 5.23. The quantitative estimate of drug-likeness (QED) is 0.792. The Morgan fingerprint density at radius 1 is 1.62 bits per heavy atom. The Morgan fingerprint density at radius 3 is 2.88 bits per heavy atom. The van der Waals surface area contributed by atoms with Crippen molar-refractivity contribution in [2.24, 2.45) is 5.73 Å². The molecule has 1 aromatic rings. The lowest BCUT2D eigenvalue weighted by molar-refractivity contribution is 0.0601. The Bertz CT molecular complexity index is 382. The van der Waals surface area contributed by atoms with Crippen LogP contribution in [0.25, 0.3) is 0 Å². The fraction of sp³-hybridized carbons (Fsp3) is 0.364. The molecule has 0 bridgehead atoms. The topological polar surface area (TPSA) is 64.3 Å². The van der Waals surface area contributed by atoms with Gasteiger partial charge in [0.2, 0.25) is 0 Å². The Morgan fingerprint density at radius 2 is 2.31 bits per heavy atom. The molecule has 16 heavy (non-hydrogen) atoms. The number of methoxy groups -OCH3 is 1. The highest BCUT2D eigenvalue weighted by Gasteiger charge is 2.11. The maximum absolute atomic E-state index is 11.4. The number of esters is 1. The first kappa shape index (κ1) is 12.8. The van der Waals surface area contributed by atoms with Crippen LogP contribution in [0.2, 0.25) is 5.02 Å². The summed E-state index contributed by atoms with van der Waals surface area (Å²) in [6.45, 7) is 2.46. The van der Waals surface area contributed by atoms with E-state index in [1.165, 1.54) is 7.11 Å². The highest BCUT2D eigenvalue weighted by molar-refractivity contribution is 6.33. The van der Waals surface area contributed by atoms with Gasteiger partial charge in [0.1, 0.15) is 0 Å². The van der Waals surface area contributed by atoms with Crippen LogP contribution in [0.15, 0.2) is 18.2 Å². The van der Waals surface area contributed by atoms with Crippen molar-refractivity contribution in [1.29, 1.82) is 0 Å². The molecule has 0 aromatic heterocycles. The predicted molar refractivity (Wildman–Crippen MR) is 64.9 cm³/mol. The summed E-state index contributed by atoms with van der Waals surface area (Å²) in [5, 5.41) is 3.52. The van der Waals surface area contributed by atoms with Crippen molar-refractivity contribution in [3.05, 3.63) is 28.8 Å². The average molecular weight is 243 g/mol. The number of hydrogen-bond acceptors (Lipinski definition) is 4. The van der Waals surface area contributed by atoms with Crippen molar-refractivity contribution in [2.45, 2.75) is 13.0 Å². The van der Waals surface area contributed by atoms with Crippen molar-refractivity contribution < 1.29 is 9.53 Å². The molecule has 0 amide bonds. The number of nitrogens with two attached hydrogens (primary N) is 1. The van der Waals surface area contributed by atoms with Crippen LogP contribution in [-0.4, -0.2) is 25.7 Å². The van der Waals surface area contributed by atoms with E-state index in [9.17, 15) is 4.79 Å². The van der Waals surface area contributed by atoms with E-state index < -0.39 is 5.97 Å². The molecule has 0 radical (unpaired) electrons. The minimum atomic E-state index is -0.450. The fourth-order valence-corrected chi connectivity index (χ4v) is 1.42. The summed E-state index contributed by atoms with van der Waals surface area (Å²) in [4.78, 5) is 11.4. The zero-order valence-corrected chi connectivity index (χ0v) is 10.0. The molecule has 5 heteroatoms. The van der Waals surface area contributed by atoms with Crippen LogP contribution in [0.4, 0.5) is 5.69 Å². The van der Waals surface area contributed by atoms with E-state index in [1.54, 1.807) is 18.2 Å². The maximum atomic E-state index is 11.4. The SMILES string of the molecule is COC(=O)c1cc(NC(C)CN)ccc1Cl. The summed E-state index contributed by atoms with van der Waals surface area (Å²) in [6.07, 6.45) is 0. The van der Waals surface area contributed by atoms with Gasteiger partial charge in [0.25, 0.3) is 0 Å². The van der Waals surface area contributed by atoms with E-state index >= 15 is 0 Å². The molecule has 0 aliphatic heterocycles. The van der Waals surface area contributed by atoms with Gasteiger partial charge in [0, 0.05) is 18.3 Å². The standard InChI is InChI=1S/C11H15ClN2O2/c1-7(6-13)14-8-3-4-10(12)9(5-8)11(15)16-2/h3-5,7,14H,6,13H2,1-2H3. The number of nitrogens with one attached hydrogen (secondary N) is 1. The molecular formula is C11H15ClN2O2. The number of carbonyl (C=O) groups excluding carboxylic acids is 1. The monoisotopic (exact) mass is 242 g/mol. The van der Waals surface area contributed by atoms with Gasteiger partial charge in [-0.1, -0.05) is 11.6 Å². The van der Waals surface area contributed by atoms with E-state index in [0.29, 0.717) is 17.1 Å². The molecular weight excluding hydrogens is 228 g/mol. The number of halogens is 1. The Hall–Kier alpha value is -1.26. The first-order valence-corrected chi connectivity index (χ1v) is 5.30. The molecule has 0 aliphatic rings. The summed E-state index contributed by atoms with van der Waals surface area (Å²) >= 11 is 5.89. The van der Waals surface area contributed by atoms with Gasteiger partial charge in [-0.3, -0.25) is 0 Å². The average Bonchev–Trinajstić information content (AvgIpc) is 2.30. The third-order valence-corrected chi connectivity index (χ3v) is 2.47. The molecule has 3 N–H and O–H groups in total. The number of ether oxygens (including phenoxy) is 1. The van der Waals surface area contributed by atoms with Gasteiger partial charge in [-0.05, 0) is 25.1 Å². The molecule has 0 spiro atoms. The lowest BCUT2D eigenvalue weighted by Crippen LogP contribution is -2.25. The largest absolute Gasteiger partial charge is 0.465 e. The molecule has 1 unspecified atom stereocenters. The first-order chi connectivity index (χ1) is 7.58. The smallest absolute Gasteiger partial charge is 0.339 e. The maximum Gasteiger partial charge on any atom is 0.339 e. The lowest BCUT2D eigenvalue weighted by Gasteiger charge is -2.13. The minimum absolute atomic E-state index is 0.131. The van der Waals surface area contributed by atoms with E-state index in [4.69, 9.17) is 17.3 Å². The van der Waals surface area contributed by atoms with Crippen molar-refractivity contribution in [2.75, 3.05) is 19.0 Å². The summed E-state index contributed by atoms with van der Waals surface area (Å²) in [7, 11) is 1.32. The molecule has 0 saturated heterocycles. The molecule has 1 aromatic carbocycles. The molecule has 1 atom stereocenters. The zero-order chi connectivity index (χ0) is 12.1. The lowest BCUT2D eigenvalue weighted by atomic mass is 10.2. The molecule has 88 valence electrons. The van der Waals surface area contributed by atoms with Crippen LogP contribution in [-0.2, 0) is 4.74 Å². The highest BCUT2D eigenvalue weighted by Crippen LogP contribution is 2.21. The van der Waals surface area contributed by atoms with Gasteiger partial charge in [0.15, 0.2) is 0 Å². The van der Waals surface area contributed by atoms with Crippen molar-refractivity contribution in [1.82, 2.24) is 0 Å².